The van der Waals surface area contributed by atoms with Gasteiger partial charge in [0.2, 0.25) is 0 Å². The SMILES string of the molecule is COc1cc(/C=N\NS(=O)(=O)c2ccc(C)cc2)cc(Cl)c1OCc1cccc2ccccc12. The van der Waals surface area contributed by atoms with E-state index in [0.29, 0.717) is 28.7 Å². The Morgan fingerprint density at radius 3 is 2.50 bits per heavy atom. The molecule has 0 heterocycles. The van der Waals surface area contributed by atoms with Crippen molar-refractivity contribution in [3.63, 3.8) is 0 Å². The molecule has 4 aromatic carbocycles. The number of aryl methyl sites for hydroxylation is 1. The fourth-order valence-electron chi connectivity index (χ4n) is 3.46. The van der Waals surface area contributed by atoms with Crippen LogP contribution in [0.1, 0.15) is 16.7 Å². The van der Waals surface area contributed by atoms with Crippen molar-refractivity contribution in [3.05, 3.63) is 101 Å². The lowest BCUT2D eigenvalue weighted by atomic mass is 10.1. The molecule has 0 aliphatic carbocycles. The highest BCUT2D eigenvalue weighted by atomic mass is 35.5. The monoisotopic (exact) mass is 494 g/mol. The summed E-state index contributed by atoms with van der Waals surface area (Å²) in [5.41, 5.74) is 2.53. The molecule has 0 aliphatic rings. The highest BCUT2D eigenvalue weighted by Gasteiger charge is 2.14. The van der Waals surface area contributed by atoms with Gasteiger partial charge >= 0.3 is 0 Å². The Hall–Kier alpha value is -3.55. The Balaban J connectivity index is 1.51. The van der Waals surface area contributed by atoms with Crippen molar-refractivity contribution in [2.75, 3.05) is 7.11 Å². The number of fused-ring (bicyclic) bond motifs is 1. The molecule has 0 radical (unpaired) electrons. The number of nitrogens with zero attached hydrogens (tertiary/aromatic N) is 1. The molecule has 0 saturated heterocycles. The summed E-state index contributed by atoms with van der Waals surface area (Å²) in [6.45, 7) is 2.19. The molecule has 0 aromatic heterocycles. The molecular weight excluding hydrogens is 472 g/mol. The quantitative estimate of drug-likeness (QED) is 0.252. The van der Waals surface area contributed by atoms with Crippen LogP contribution in [0.5, 0.6) is 11.5 Å². The van der Waals surface area contributed by atoms with E-state index in [2.05, 4.69) is 9.93 Å². The van der Waals surface area contributed by atoms with E-state index in [-0.39, 0.29) is 4.90 Å². The highest BCUT2D eigenvalue weighted by molar-refractivity contribution is 7.89. The van der Waals surface area contributed by atoms with Gasteiger partial charge in [0.15, 0.2) is 11.5 Å². The first-order chi connectivity index (χ1) is 16.4. The molecule has 0 unspecified atom stereocenters. The Morgan fingerprint density at radius 2 is 1.74 bits per heavy atom. The molecular formula is C26H23ClN2O4S. The summed E-state index contributed by atoms with van der Waals surface area (Å²) in [5.74, 6) is 0.810. The predicted octanol–water partition coefficient (Wildman–Crippen LogP) is 5.70. The third-order valence-corrected chi connectivity index (χ3v) is 6.74. The molecule has 0 amide bonds. The van der Waals surface area contributed by atoms with E-state index in [1.54, 1.807) is 24.3 Å². The lowest BCUT2D eigenvalue weighted by Crippen LogP contribution is -2.18. The predicted molar refractivity (Wildman–Crippen MR) is 135 cm³/mol. The molecule has 0 bridgehead atoms. The van der Waals surface area contributed by atoms with Crippen LogP contribution in [0, 0.1) is 6.92 Å². The third kappa shape index (κ3) is 5.32. The third-order valence-electron chi connectivity index (χ3n) is 5.22. The van der Waals surface area contributed by atoms with Crippen molar-refractivity contribution >= 4 is 38.6 Å². The van der Waals surface area contributed by atoms with Crippen LogP contribution >= 0.6 is 11.6 Å². The Kier molecular flexibility index (Phi) is 7.05. The fraction of sp³-hybridized carbons (Fsp3) is 0.115. The number of methoxy groups -OCH3 is 1. The summed E-state index contributed by atoms with van der Waals surface area (Å²) < 4.78 is 36.3. The van der Waals surface area contributed by atoms with Crippen LogP contribution in [0.2, 0.25) is 5.02 Å². The average molecular weight is 495 g/mol. The maximum Gasteiger partial charge on any atom is 0.276 e. The minimum absolute atomic E-state index is 0.128. The standard InChI is InChI=1S/C26H23ClN2O4S/c1-18-10-12-22(13-11-18)34(30,31)29-28-16-19-14-24(27)26(25(15-19)32-2)33-17-21-8-5-7-20-6-3-4-9-23(20)21/h3-16,29H,17H2,1-2H3/b28-16-. The molecule has 0 aliphatic heterocycles. The van der Waals surface area contributed by atoms with Gasteiger partial charge in [0.1, 0.15) is 6.61 Å². The average Bonchev–Trinajstić information content (AvgIpc) is 2.83. The number of benzene rings is 4. The maximum absolute atomic E-state index is 12.4. The van der Waals surface area contributed by atoms with E-state index in [0.717, 1.165) is 21.9 Å². The van der Waals surface area contributed by atoms with Gasteiger partial charge in [-0.25, -0.2) is 4.83 Å². The summed E-state index contributed by atoms with van der Waals surface area (Å²) in [6.07, 6.45) is 1.36. The summed E-state index contributed by atoms with van der Waals surface area (Å²) in [4.78, 5) is 2.33. The van der Waals surface area contributed by atoms with Gasteiger partial charge in [-0.05, 0) is 53.1 Å². The fourth-order valence-corrected chi connectivity index (χ4v) is 4.53. The van der Waals surface area contributed by atoms with Crippen LogP contribution in [0.25, 0.3) is 10.8 Å². The van der Waals surface area contributed by atoms with Crippen molar-refractivity contribution in [2.24, 2.45) is 5.10 Å². The smallest absolute Gasteiger partial charge is 0.276 e. The number of rotatable bonds is 8. The Labute approximate surface area is 203 Å². The van der Waals surface area contributed by atoms with E-state index in [4.69, 9.17) is 21.1 Å². The Morgan fingerprint density at radius 1 is 1.00 bits per heavy atom. The van der Waals surface area contributed by atoms with Crippen molar-refractivity contribution in [1.82, 2.24) is 4.83 Å². The van der Waals surface area contributed by atoms with Gasteiger partial charge < -0.3 is 9.47 Å². The van der Waals surface area contributed by atoms with E-state index in [1.807, 2.05) is 49.4 Å². The number of sulfonamides is 1. The molecule has 0 spiro atoms. The zero-order valence-electron chi connectivity index (χ0n) is 18.7. The van der Waals surface area contributed by atoms with Gasteiger partial charge in [-0.3, -0.25) is 0 Å². The summed E-state index contributed by atoms with van der Waals surface area (Å²) in [7, 11) is -2.26. The second kappa shape index (κ2) is 10.2. The second-order valence-electron chi connectivity index (χ2n) is 7.63. The number of halogens is 1. The van der Waals surface area contributed by atoms with E-state index < -0.39 is 10.0 Å². The molecule has 1 N–H and O–H groups in total. The van der Waals surface area contributed by atoms with Crippen molar-refractivity contribution in [3.8, 4) is 11.5 Å². The molecule has 8 heteroatoms. The minimum Gasteiger partial charge on any atom is -0.493 e. The zero-order valence-corrected chi connectivity index (χ0v) is 20.2. The molecule has 4 aromatic rings. The molecule has 4 rings (SSSR count). The Bertz CT molecular complexity index is 1450. The van der Waals surface area contributed by atoms with Crippen molar-refractivity contribution in [2.45, 2.75) is 18.4 Å². The first kappa shape index (κ1) is 23.6. The zero-order chi connectivity index (χ0) is 24.1. The normalized spacial score (nSPS) is 11.6. The highest BCUT2D eigenvalue weighted by Crippen LogP contribution is 2.37. The van der Waals surface area contributed by atoms with Gasteiger partial charge in [0.05, 0.1) is 23.2 Å². The van der Waals surface area contributed by atoms with Crippen molar-refractivity contribution in [1.29, 1.82) is 0 Å². The van der Waals surface area contributed by atoms with Gasteiger partial charge in [-0.2, -0.15) is 13.5 Å². The molecule has 34 heavy (non-hydrogen) atoms. The topological polar surface area (TPSA) is 77.0 Å². The van der Waals surface area contributed by atoms with Crippen LogP contribution in [0.15, 0.2) is 88.9 Å². The molecule has 6 nitrogen and oxygen atoms in total. The van der Waals surface area contributed by atoms with Crippen molar-refractivity contribution < 1.29 is 17.9 Å². The number of nitrogens with one attached hydrogen (secondary N) is 1. The number of hydrogen-bond donors (Lipinski definition) is 1. The lowest BCUT2D eigenvalue weighted by molar-refractivity contribution is 0.286. The molecule has 0 atom stereocenters. The van der Waals surface area contributed by atoms with E-state index >= 15 is 0 Å². The van der Waals surface area contributed by atoms with Crippen LogP contribution in [-0.2, 0) is 16.6 Å². The van der Waals surface area contributed by atoms with Crippen LogP contribution < -0.4 is 14.3 Å². The summed E-state index contributed by atoms with van der Waals surface area (Å²) >= 11 is 6.47. The molecule has 0 fully saturated rings. The number of hydrazone groups is 1. The number of ether oxygens (including phenoxy) is 2. The summed E-state index contributed by atoms with van der Waals surface area (Å²) in [5, 5.41) is 6.42. The minimum atomic E-state index is -3.78. The van der Waals surface area contributed by atoms with E-state index in [1.165, 1.54) is 25.5 Å². The molecule has 174 valence electrons. The second-order valence-corrected chi connectivity index (χ2v) is 9.70. The van der Waals surface area contributed by atoms with Crippen LogP contribution in [-0.4, -0.2) is 21.7 Å². The van der Waals surface area contributed by atoms with Gasteiger partial charge in [-0.15, -0.1) is 0 Å². The summed E-state index contributed by atoms with van der Waals surface area (Å²) in [6, 6.07) is 23.9. The van der Waals surface area contributed by atoms with Crippen LogP contribution in [0.3, 0.4) is 0 Å². The first-order valence-corrected chi connectivity index (χ1v) is 12.3. The number of hydrogen-bond acceptors (Lipinski definition) is 5. The van der Waals surface area contributed by atoms with E-state index in [9.17, 15) is 8.42 Å². The maximum atomic E-state index is 12.4. The van der Waals surface area contributed by atoms with Gasteiger partial charge in [-0.1, -0.05) is 71.8 Å². The largest absolute Gasteiger partial charge is 0.493 e. The first-order valence-electron chi connectivity index (χ1n) is 10.5. The van der Waals surface area contributed by atoms with Gasteiger partial charge in [0, 0.05) is 0 Å². The lowest BCUT2D eigenvalue weighted by Gasteiger charge is -2.14. The van der Waals surface area contributed by atoms with Gasteiger partial charge in [0.25, 0.3) is 10.0 Å². The van der Waals surface area contributed by atoms with Crippen LogP contribution in [0.4, 0.5) is 0 Å². The molecule has 0 saturated carbocycles.